The summed E-state index contributed by atoms with van der Waals surface area (Å²) in [6, 6.07) is 1.53. The Kier molecular flexibility index (Phi) is 2.21. The highest BCUT2D eigenvalue weighted by atomic mass is 15.2. The van der Waals surface area contributed by atoms with E-state index in [9.17, 15) is 0 Å². The molecule has 0 radical (unpaired) electrons. The molecule has 2 heterocycles. The molecule has 3 unspecified atom stereocenters. The molecule has 76 valence electrons. The second-order valence-corrected chi connectivity index (χ2v) is 4.86. The number of rotatable bonds is 0. The topological polar surface area (TPSA) is 3.24 Å². The molecule has 1 nitrogen and oxygen atoms in total. The van der Waals surface area contributed by atoms with Crippen LogP contribution in [0, 0.1) is 5.92 Å². The third-order valence-electron chi connectivity index (χ3n) is 4.07. The van der Waals surface area contributed by atoms with Crippen LogP contribution in [0.5, 0.6) is 0 Å². The third kappa shape index (κ3) is 1.35. The summed E-state index contributed by atoms with van der Waals surface area (Å²) < 4.78 is 0. The third-order valence-corrected chi connectivity index (χ3v) is 4.07. The molecule has 1 aliphatic carbocycles. The first-order chi connectivity index (χ1) is 6.95. The van der Waals surface area contributed by atoms with Crippen molar-refractivity contribution in [2.24, 2.45) is 5.92 Å². The van der Waals surface area contributed by atoms with Crippen LogP contribution in [0.1, 0.15) is 32.1 Å². The van der Waals surface area contributed by atoms with Gasteiger partial charge in [-0.1, -0.05) is 24.3 Å². The second kappa shape index (κ2) is 3.54. The van der Waals surface area contributed by atoms with Crippen LogP contribution in [0.25, 0.3) is 0 Å². The Morgan fingerprint density at radius 3 is 2.86 bits per heavy atom. The van der Waals surface area contributed by atoms with Crippen molar-refractivity contribution in [3.8, 4) is 0 Å². The molecule has 0 aromatic rings. The van der Waals surface area contributed by atoms with Crippen molar-refractivity contribution in [1.29, 1.82) is 0 Å². The first kappa shape index (κ1) is 8.72. The van der Waals surface area contributed by atoms with E-state index in [4.69, 9.17) is 0 Å². The summed E-state index contributed by atoms with van der Waals surface area (Å²) in [5.41, 5.74) is 0. The molecule has 1 saturated heterocycles. The van der Waals surface area contributed by atoms with Gasteiger partial charge in [-0.05, 0) is 38.0 Å². The van der Waals surface area contributed by atoms with Gasteiger partial charge in [0.05, 0.1) is 0 Å². The van der Waals surface area contributed by atoms with Gasteiger partial charge in [0.25, 0.3) is 0 Å². The summed E-state index contributed by atoms with van der Waals surface area (Å²) in [5.74, 6) is 0.961. The van der Waals surface area contributed by atoms with Crippen LogP contribution in [0.3, 0.4) is 0 Å². The maximum Gasteiger partial charge on any atom is 0.0312 e. The van der Waals surface area contributed by atoms with Crippen molar-refractivity contribution < 1.29 is 0 Å². The molecule has 0 spiro atoms. The van der Waals surface area contributed by atoms with Crippen molar-refractivity contribution in [3.63, 3.8) is 0 Å². The van der Waals surface area contributed by atoms with Crippen molar-refractivity contribution in [2.45, 2.75) is 44.2 Å². The van der Waals surface area contributed by atoms with Gasteiger partial charge >= 0.3 is 0 Å². The highest BCUT2D eigenvalue weighted by molar-refractivity contribution is 5.12. The minimum absolute atomic E-state index is 0.757. The molecule has 0 saturated carbocycles. The van der Waals surface area contributed by atoms with Crippen LogP contribution in [-0.4, -0.2) is 23.5 Å². The Morgan fingerprint density at radius 2 is 1.86 bits per heavy atom. The van der Waals surface area contributed by atoms with Crippen LogP contribution < -0.4 is 0 Å². The number of hydrogen-bond donors (Lipinski definition) is 0. The largest absolute Gasteiger partial charge is 0.290 e. The molecule has 1 heteroatoms. The molecule has 1 fully saturated rings. The fraction of sp³-hybridized carbons (Fsp3) is 0.692. The fourth-order valence-electron chi connectivity index (χ4n) is 3.34. The van der Waals surface area contributed by atoms with Gasteiger partial charge in [-0.25, -0.2) is 0 Å². The average Bonchev–Trinajstić information content (AvgIpc) is 2.29. The summed E-state index contributed by atoms with van der Waals surface area (Å²) in [6.45, 7) is 1.28. The number of nitrogens with zero attached hydrogens (tertiary/aromatic N) is 1. The number of hydrogen-bond acceptors (Lipinski definition) is 1. The van der Waals surface area contributed by atoms with Crippen LogP contribution >= 0.6 is 0 Å². The van der Waals surface area contributed by atoms with Crippen molar-refractivity contribution in [2.75, 3.05) is 6.54 Å². The molecule has 0 aromatic heterocycles. The molecule has 0 N–H and O–H groups in total. The van der Waals surface area contributed by atoms with Crippen molar-refractivity contribution in [3.05, 3.63) is 24.3 Å². The lowest BCUT2D eigenvalue weighted by Gasteiger charge is -2.47. The quantitative estimate of drug-likeness (QED) is 0.530. The smallest absolute Gasteiger partial charge is 0.0312 e. The highest BCUT2D eigenvalue weighted by Crippen LogP contribution is 2.36. The molecule has 0 aromatic carbocycles. The lowest BCUT2D eigenvalue weighted by molar-refractivity contribution is 0.0762. The van der Waals surface area contributed by atoms with Crippen LogP contribution in [0.15, 0.2) is 24.3 Å². The first-order valence-corrected chi connectivity index (χ1v) is 6.04. The standard InChI is InChI=1S/C13H19N/c1-2-7-13-11(5-1)8-9-12-6-3-4-10-14(12)13/h2-3,6-7,11-13H,1,4-5,8-10H2. The second-order valence-electron chi connectivity index (χ2n) is 4.86. The molecular weight excluding hydrogens is 170 g/mol. The molecule has 14 heavy (non-hydrogen) atoms. The summed E-state index contributed by atoms with van der Waals surface area (Å²) in [6.07, 6.45) is 16.5. The highest BCUT2D eigenvalue weighted by Gasteiger charge is 2.35. The summed E-state index contributed by atoms with van der Waals surface area (Å²) >= 11 is 0. The maximum absolute atomic E-state index is 2.73. The Balaban J connectivity index is 1.85. The van der Waals surface area contributed by atoms with E-state index >= 15 is 0 Å². The lowest BCUT2D eigenvalue weighted by atomic mass is 9.78. The van der Waals surface area contributed by atoms with Crippen molar-refractivity contribution in [1.82, 2.24) is 4.90 Å². The Labute approximate surface area is 86.5 Å². The van der Waals surface area contributed by atoms with E-state index in [0.717, 1.165) is 18.0 Å². The molecule has 0 amide bonds. The Morgan fingerprint density at radius 1 is 0.929 bits per heavy atom. The monoisotopic (exact) mass is 189 g/mol. The molecule has 3 aliphatic rings. The van der Waals surface area contributed by atoms with E-state index in [1.807, 2.05) is 0 Å². The first-order valence-electron chi connectivity index (χ1n) is 6.04. The van der Waals surface area contributed by atoms with Gasteiger partial charge in [0.2, 0.25) is 0 Å². The zero-order valence-electron chi connectivity index (χ0n) is 8.73. The number of piperidine rings is 1. The molecule has 3 rings (SSSR count). The van der Waals surface area contributed by atoms with Gasteiger partial charge < -0.3 is 0 Å². The van der Waals surface area contributed by atoms with Gasteiger partial charge in [-0.2, -0.15) is 0 Å². The molecule has 3 atom stereocenters. The minimum Gasteiger partial charge on any atom is -0.290 e. The molecular formula is C13H19N. The van der Waals surface area contributed by atoms with E-state index in [1.165, 1.54) is 38.6 Å². The fourth-order valence-corrected chi connectivity index (χ4v) is 3.34. The lowest BCUT2D eigenvalue weighted by Crippen LogP contribution is -2.51. The van der Waals surface area contributed by atoms with E-state index < -0.39 is 0 Å². The maximum atomic E-state index is 2.73. The van der Waals surface area contributed by atoms with E-state index in [-0.39, 0.29) is 0 Å². The SMILES string of the molecule is C1=CC2C(CC1)CCC1C=CCCN12. The molecule has 2 aliphatic heterocycles. The Bertz CT molecular complexity index is 266. The summed E-state index contributed by atoms with van der Waals surface area (Å²) in [5, 5.41) is 0. The van der Waals surface area contributed by atoms with Gasteiger partial charge in [0, 0.05) is 18.6 Å². The normalized spacial score (nSPS) is 41.9. The van der Waals surface area contributed by atoms with Gasteiger partial charge in [0.1, 0.15) is 0 Å². The van der Waals surface area contributed by atoms with Crippen LogP contribution in [-0.2, 0) is 0 Å². The average molecular weight is 189 g/mol. The zero-order chi connectivity index (χ0) is 9.38. The number of allylic oxidation sites excluding steroid dienone is 1. The van der Waals surface area contributed by atoms with Crippen LogP contribution in [0.2, 0.25) is 0 Å². The van der Waals surface area contributed by atoms with Gasteiger partial charge in [-0.3, -0.25) is 4.90 Å². The Hall–Kier alpha value is -0.560. The number of fused-ring (bicyclic) bond motifs is 3. The summed E-state index contributed by atoms with van der Waals surface area (Å²) in [7, 11) is 0. The zero-order valence-corrected chi connectivity index (χ0v) is 8.73. The predicted molar refractivity (Wildman–Crippen MR) is 59.1 cm³/mol. The van der Waals surface area contributed by atoms with Gasteiger partial charge in [0.15, 0.2) is 0 Å². The van der Waals surface area contributed by atoms with E-state index in [2.05, 4.69) is 29.2 Å². The summed E-state index contributed by atoms with van der Waals surface area (Å²) in [4.78, 5) is 2.73. The van der Waals surface area contributed by atoms with Gasteiger partial charge in [-0.15, -0.1) is 0 Å². The predicted octanol–water partition coefficient (Wildman–Crippen LogP) is 2.75. The van der Waals surface area contributed by atoms with Crippen LogP contribution in [0.4, 0.5) is 0 Å². The minimum atomic E-state index is 0.757. The van der Waals surface area contributed by atoms with E-state index in [0.29, 0.717) is 0 Å². The van der Waals surface area contributed by atoms with E-state index in [1.54, 1.807) is 0 Å². The molecule has 0 bridgehead atoms. The van der Waals surface area contributed by atoms with Crippen molar-refractivity contribution >= 4 is 0 Å².